The van der Waals surface area contributed by atoms with Gasteiger partial charge in [-0.25, -0.2) is 4.79 Å². The second-order valence-corrected chi connectivity index (χ2v) is 8.29. The number of nitrogens with zero attached hydrogens (tertiary/aromatic N) is 3. The molecule has 0 bridgehead atoms. The number of para-hydroxylation sites is 1. The maximum Gasteiger partial charge on any atom is 0.321 e. The Balaban J connectivity index is 1.56. The average molecular weight is 456 g/mol. The van der Waals surface area contributed by atoms with Gasteiger partial charge in [0.1, 0.15) is 5.82 Å². The van der Waals surface area contributed by atoms with Crippen LogP contribution in [0, 0.1) is 0 Å². The molecule has 1 saturated heterocycles. The number of amides is 3. The molecule has 1 unspecified atom stereocenters. The lowest BCUT2D eigenvalue weighted by Crippen LogP contribution is -2.53. The molecule has 158 valence electrons. The number of aromatic nitrogens is 3. The van der Waals surface area contributed by atoms with Crippen molar-refractivity contribution in [2.24, 2.45) is 0 Å². The van der Waals surface area contributed by atoms with E-state index in [0.29, 0.717) is 28.0 Å². The largest absolute Gasteiger partial charge is 0.334 e. The number of nitrogens with one attached hydrogen (secondary N) is 2. The van der Waals surface area contributed by atoms with Crippen LogP contribution in [-0.2, 0) is 11.2 Å². The number of imide groups is 1. The first kappa shape index (κ1) is 21.1. The summed E-state index contributed by atoms with van der Waals surface area (Å²) in [5, 5.41) is 14.6. The zero-order valence-corrected chi connectivity index (χ0v) is 17.8. The SMILES string of the molecule is O=C1CC(Cc2nnc(SCC(=O)c3ccc(Cl)cc3)n2-c2ccccc2)NC(=O)N1. The number of ketones is 1. The minimum Gasteiger partial charge on any atom is -0.334 e. The third-order valence-corrected chi connectivity index (χ3v) is 5.84. The summed E-state index contributed by atoms with van der Waals surface area (Å²) in [6.45, 7) is 0. The molecule has 2 N–H and O–H groups in total. The zero-order chi connectivity index (χ0) is 21.8. The van der Waals surface area contributed by atoms with Gasteiger partial charge in [-0.05, 0) is 36.4 Å². The molecule has 1 aliphatic rings. The van der Waals surface area contributed by atoms with Crippen molar-refractivity contribution >= 4 is 41.1 Å². The van der Waals surface area contributed by atoms with Crippen LogP contribution < -0.4 is 10.6 Å². The standard InChI is InChI=1S/C21H18ClN5O3S/c22-14-8-6-13(7-9-14)17(28)12-31-21-26-25-18(27(21)16-4-2-1-3-5-16)10-15-11-19(29)24-20(30)23-15/h1-9,15H,10-12H2,(H2,23,24,29,30). The molecular weight excluding hydrogens is 438 g/mol. The van der Waals surface area contributed by atoms with E-state index in [1.807, 2.05) is 34.9 Å². The van der Waals surface area contributed by atoms with Crippen molar-refractivity contribution in [2.75, 3.05) is 5.75 Å². The first-order chi connectivity index (χ1) is 15.0. The number of rotatable bonds is 7. The molecule has 8 nitrogen and oxygen atoms in total. The Morgan fingerprint density at radius 1 is 1.10 bits per heavy atom. The summed E-state index contributed by atoms with van der Waals surface area (Å²) in [6.07, 6.45) is 0.484. The molecule has 1 aliphatic heterocycles. The highest BCUT2D eigenvalue weighted by Gasteiger charge is 2.27. The van der Waals surface area contributed by atoms with E-state index in [-0.39, 0.29) is 29.9 Å². The summed E-state index contributed by atoms with van der Waals surface area (Å²) in [6, 6.07) is 15.3. The monoisotopic (exact) mass is 455 g/mol. The quantitative estimate of drug-likeness (QED) is 0.419. The summed E-state index contributed by atoms with van der Waals surface area (Å²) < 4.78 is 1.85. The molecule has 0 spiro atoms. The molecule has 1 atom stereocenters. The molecule has 0 aliphatic carbocycles. The molecule has 1 fully saturated rings. The molecule has 1 aromatic heterocycles. The fourth-order valence-corrected chi connectivity index (χ4v) is 4.22. The van der Waals surface area contributed by atoms with E-state index in [9.17, 15) is 14.4 Å². The van der Waals surface area contributed by atoms with Gasteiger partial charge < -0.3 is 5.32 Å². The molecule has 10 heteroatoms. The number of urea groups is 1. The molecule has 3 aromatic rings. The second-order valence-electron chi connectivity index (χ2n) is 6.92. The number of Topliss-reactive ketones (excluding diaryl/α,β-unsaturated/α-hetero) is 1. The number of hydrogen-bond acceptors (Lipinski definition) is 6. The van der Waals surface area contributed by atoms with Crippen LogP contribution in [0.3, 0.4) is 0 Å². The highest BCUT2D eigenvalue weighted by molar-refractivity contribution is 7.99. The molecular formula is C21H18ClN5O3S. The molecule has 31 heavy (non-hydrogen) atoms. The van der Waals surface area contributed by atoms with Crippen molar-refractivity contribution in [3.05, 3.63) is 71.0 Å². The summed E-state index contributed by atoms with van der Waals surface area (Å²) in [4.78, 5) is 35.9. The van der Waals surface area contributed by atoms with Crippen LogP contribution in [0.25, 0.3) is 5.69 Å². The van der Waals surface area contributed by atoms with Crippen LogP contribution in [0.2, 0.25) is 5.02 Å². The van der Waals surface area contributed by atoms with Gasteiger partial charge in [-0.3, -0.25) is 19.5 Å². The van der Waals surface area contributed by atoms with E-state index in [2.05, 4.69) is 20.8 Å². The number of benzene rings is 2. The fraction of sp³-hybridized carbons (Fsp3) is 0.190. The number of thioether (sulfide) groups is 1. The van der Waals surface area contributed by atoms with E-state index in [4.69, 9.17) is 11.6 Å². The van der Waals surface area contributed by atoms with Crippen molar-refractivity contribution < 1.29 is 14.4 Å². The van der Waals surface area contributed by atoms with Crippen molar-refractivity contribution in [2.45, 2.75) is 24.0 Å². The van der Waals surface area contributed by atoms with Gasteiger partial charge in [0.05, 0.1) is 5.75 Å². The Morgan fingerprint density at radius 3 is 2.55 bits per heavy atom. The summed E-state index contributed by atoms with van der Waals surface area (Å²) >= 11 is 7.16. The van der Waals surface area contributed by atoms with Gasteiger partial charge in [0.25, 0.3) is 0 Å². The van der Waals surface area contributed by atoms with Crippen LogP contribution in [-0.4, -0.2) is 44.3 Å². The van der Waals surface area contributed by atoms with Gasteiger partial charge in [-0.2, -0.15) is 0 Å². The molecule has 3 amide bonds. The summed E-state index contributed by atoms with van der Waals surface area (Å²) in [7, 11) is 0. The highest BCUT2D eigenvalue weighted by Crippen LogP contribution is 2.24. The maximum absolute atomic E-state index is 12.6. The van der Waals surface area contributed by atoms with E-state index in [1.54, 1.807) is 24.3 Å². The molecule has 2 aromatic carbocycles. The Morgan fingerprint density at radius 2 is 1.84 bits per heavy atom. The number of hydrogen-bond donors (Lipinski definition) is 2. The summed E-state index contributed by atoms with van der Waals surface area (Å²) in [5.41, 5.74) is 1.40. The topological polar surface area (TPSA) is 106 Å². The van der Waals surface area contributed by atoms with Crippen LogP contribution in [0.5, 0.6) is 0 Å². The van der Waals surface area contributed by atoms with Crippen LogP contribution in [0.1, 0.15) is 22.6 Å². The first-order valence-corrected chi connectivity index (χ1v) is 10.9. The minimum absolute atomic E-state index is 0.0537. The van der Waals surface area contributed by atoms with Crippen molar-refractivity contribution in [3.8, 4) is 5.69 Å². The number of carbonyl (C=O) groups is 3. The van der Waals surface area contributed by atoms with E-state index < -0.39 is 6.03 Å². The lowest BCUT2D eigenvalue weighted by molar-refractivity contribution is -0.121. The second kappa shape index (κ2) is 9.32. The lowest BCUT2D eigenvalue weighted by Gasteiger charge is -2.23. The van der Waals surface area contributed by atoms with Crippen LogP contribution >= 0.6 is 23.4 Å². The van der Waals surface area contributed by atoms with Crippen LogP contribution in [0.15, 0.2) is 59.8 Å². The van der Waals surface area contributed by atoms with Gasteiger partial charge in [0, 0.05) is 35.2 Å². The zero-order valence-electron chi connectivity index (χ0n) is 16.2. The molecule has 2 heterocycles. The number of carbonyl (C=O) groups excluding carboxylic acids is 3. The van der Waals surface area contributed by atoms with Gasteiger partial charge in [0.15, 0.2) is 10.9 Å². The minimum atomic E-state index is -0.518. The molecule has 0 saturated carbocycles. The smallest absolute Gasteiger partial charge is 0.321 e. The van der Waals surface area contributed by atoms with Gasteiger partial charge >= 0.3 is 6.03 Å². The van der Waals surface area contributed by atoms with Gasteiger partial charge in [-0.15, -0.1) is 10.2 Å². The predicted molar refractivity (Wildman–Crippen MR) is 117 cm³/mol. The van der Waals surface area contributed by atoms with Crippen molar-refractivity contribution in [1.29, 1.82) is 0 Å². The van der Waals surface area contributed by atoms with E-state index in [1.165, 1.54) is 11.8 Å². The van der Waals surface area contributed by atoms with E-state index >= 15 is 0 Å². The molecule has 0 radical (unpaired) electrons. The van der Waals surface area contributed by atoms with Crippen LogP contribution in [0.4, 0.5) is 4.79 Å². The Bertz CT molecular complexity index is 1100. The maximum atomic E-state index is 12.6. The Kier molecular flexibility index (Phi) is 6.34. The number of halogens is 1. The summed E-state index contributed by atoms with van der Waals surface area (Å²) in [5.74, 6) is 0.382. The molecule has 4 rings (SSSR count). The Labute approximate surface area is 187 Å². The average Bonchev–Trinajstić information content (AvgIpc) is 3.14. The highest BCUT2D eigenvalue weighted by atomic mass is 35.5. The van der Waals surface area contributed by atoms with Crippen molar-refractivity contribution in [1.82, 2.24) is 25.4 Å². The Hall–Kier alpha value is -3.17. The van der Waals surface area contributed by atoms with Gasteiger partial charge in [0.2, 0.25) is 5.91 Å². The fourth-order valence-electron chi connectivity index (χ4n) is 3.23. The first-order valence-electron chi connectivity index (χ1n) is 9.51. The third-order valence-electron chi connectivity index (χ3n) is 4.66. The van der Waals surface area contributed by atoms with Gasteiger partial charge in [-0.1, -0.05) is 41.6 Å². The predicted octanol–water partition coefficient (Wildman–Crippen LogP) is 3.04. The normalized spacial score (nSPS) is 16.0. The lowest BCUT2D eigenvalue weighted by atomic mass is 10.1. The third kappa shape index (κ3) is 5.12. The van der Waals surface area contributed by atoms with E-state index in [0.717, 1.165) is 5.69 Å². The van der Waals surface area contributed by atoms with Crippen molar-refractivity contribution in [3.63, 3.8) is 0 Å².